The third-order valence-electron chi connectivity index (χ3n) is 5.19. The summed E-state index contributed by atoms with van der Waals surface area (Å²) >= 11 is 0. The number of carbonyl (C=O) groups is 2. The molecule has 0 unspecified atom stereocenters. The average molecular weight is 547 g/mol. The smallest absolute Gasteiger partial charge is 0.434 e. The lowest BCUT2D eigenvalue weighted by Gasteiger charge is -2.23. The van der Waals surface area contributed by atoms with E-state index in [1.807, 2.05) is 0 Å². The molecule has 1 heterocycles. The zero-order valence-electron chi connectivity index (χ0n) is 23.0. The highest BCUT2D eigenvalue weighted by atomic mass is 19.4. The van der Waals surface area contributed by atoms with E-state index >= 15 is 0 Å². The molecule has 2 amide bonds. The number of anilines is 2. The highest BCUT2D eigenvalue weighted by molar-refractivity contribution is 5.96. The summed E-state index contributed by atoms with van der Waals surface area (Å²) in [5, 5.41) is 5.41. The number of nitrogens with one attached hydrogen (secondary N) is 2. The van der Waals surface area contributed by atoms with Crippen molar-refractivity contribution in [2.75, 3.05) is 10.6 Å². The Kier molecular flexibility index (Phi) is 8.33. The van der Waals surface area contributed by atoms with E-state index in [0.717, 1.165) is 11.8 Å². The van der Waals surface area contributed by atoms with Crippen LogP contribution in [0.1, 0.15) is 58.4 Å². The van der Waals surface area contributed by atoms with Gasteiger partial charge in [-0.1, -0.05) is 36.4 Å². The fourth-order valence-electron chi connectivity index (χ4n) is 3.68. The molecule has 2 N–H and O–H groups in total. The van der Waals surface area contributed by atoms with Crippen LogP contribution in [0.4, 0.5) is 34.1 Å². The van der Waals surface area contributed by atoms with Crippen molar-refractivity contribution in [2.45, 2.75) is 65.3 Å². The molecule has 39 heavy (non-hydrogen) atoms. The summed E-state index contributed by atoms with van der Waals surface area (Å²) in [7, 11) is 1.50. The van der Waals surface area contributed by atoms with Gasteiger partial charge >= 0.3 is 18.4 Å². The second-order valence-corrected chi connectivity index (χ2v) is 11.0. The molecular weight excluding hydrogens is 513 g/mol. The van der Waals surface area contributed by atoms with Crippen molar-refractivity contribution < 1.29 is 32.2 Å². The third kappa shape index (κ3) is 8.49. The number of imidazole rings is 1. The monoisotopic (exact) mass is 546 g/mol. The van der Waals surface area contributed by atoms with E-state index in [-0.39, 0.29) is 5.82 Å². The fraction of sp³-hybridized carbons (Fsp3) is 0.393. The van der Waals surface area contributed by atoms with E-state index in [0.29, 0.717) is 28.9 Å². The molecule has 0 bridgehead atoms. The first kappa shape index (κ1) is 29.5. The Morgan fingerprint density at radius 2 is 1.44 bits per heavy atom. The molecule has 0 aliphatic rings. The number of ether oxygens (including phenoxy) is 2. The van der Waals surface area contributed by atoms with Gasteiger partial charge in [0.2, 0.25) is 0 Å². The predicted molar refractivity (Wildman–Crippen MR) is 143 cm³/mol. The van der Waals surface area contributed by atoms with Gasteiger partial charge in [0.15, 0.2) is 5.69 Å². The first-order chi connectivity index (χ1) is 17.9. The maximum atomic E-state index is 13.1. The number of aromatic nitrogens is 2. The van der Waals surface area contributed by atoms with E-state index in [2.05, 4.69) is 15.6 Å². The lowest BCUT2D eigenvalue weighted by molar-refractivity contribution is -0.140. The molecular formula is C28H33F3N4O4. The van der Waals surface area contributed by atoms with Crippen LogP contribution in [-0.4, -0.2) is 32.9 Å². The molecule has 0 aliphatic heterocycles. The van der Waals surface area contributed by atoms with Gasteiger partial charge in [-0.2, -0.15) is 13.2 Å². The normalized spacial score (nSPS) is 12.2. The van der Waals surface area contributed by atoms with Gasteiger partial charge in [-0.3, -0.25) is 10.6 Å². The number of rotatable bonds is 5. The summed E-state index contributed by atoms with van der Waals surface area (Å²) in [5.74, 6) is 0.185. The van der Waals surface area contributed by atoms with E-state index in [1.54, 1.807) is 84.0 Å². The molecule has 0 saturated carbocycles. The summed E-state index contributed by atoms with van der Waals surface area (Å²) < 4.78 is 51.3. The zero-order valence-corrected chi connectivity index (χ0v) is 23.0. The highest BCUT2D eigenvalue weighted by Crippen LogP contribution is 2.32. The minimum Gasteiger partial charge on any atom is -0.444 e. The number of alkyl halides is 3. The number of hydrogen-bond donors (Lipinski definition) is 2. The predicted octanol–water partition coefficient (Wildman–Crippen LogP) is 7.39. The highest BCUT2D eigenvalue weighted by Gasteiger charge is 2.34. The molecule has 0 atom stereocenters. The lowest BCUT2D eigenvalue weighted by Crippen LogP contribution is -2.29. The standard InChI is InChI=1S/C28H33F3N4O4/c1-26(2,3)38-24(36)32-20-10-8-9-19(22(20)34-25(37)39-27(4,5)6)15-17-11-13-18(14-12-17)23-33-21(16-35(23)7)28(29,30)31/h8-14,16H,15H2,1-7H3,(H,32,36)(H,34,37). The van der Waals surface area contributed by atoms with Gasteiger partial charge in [-0.05, 0) is 65.2 Å². The number of nitrogens with zero attached hydrogens (tertiary/aromatic N) is 2. The van der Waals surface area contributed by atoms with Crippen molar-refractivity contribution in [3.8, 4) is 11.4 Å². The number of para-hydroxylation sites is 1. The number of aryl methyl sites for hydroxylation is 1. The van der Waals surface area contributed by atoms with Crippen molar-refractivity contribution >= 4 is 23.6 Å². The molecule has 1 aromatic heterocycles. The van der Waals surface area contributed by atoms with Crippen LogP contribution in [0.3, 0.4) is 0 Å². The van der Waals surface area contributed by atoms with Crippen LogP contribution in [-0.2, 0) is 29.1 Å². The molecule has 210 valence electrons. The zero-order chi connectivity index (χ0) is 29.2. The first-order valence-corrected chi connectivity index (χ1v) is 12.2. The molecule has 3 aromatic rings. The number of hydrogen-bond acceptors (Lipinski definition) is 5. The third-order valence-corrected chi connectivity index (χ3v) is 5.19. The lowest BCUT2D eigenvalue weighted by atomic mass is 10.0. The number of carbonyl (C=O) groups excluding carboxylic acids is 2. The summed E-state index contributed by atoms with van der Waals surface area (Å²) in [5.41, 5.74) is 0.211. The number of benzene rings is 2. The van der Waals surface area contributed by atoms with Crippen LogP contribution in [0.5, 0.6) is 0 Å². The molecule has 0 saturated heterocycles. The Hall–Kier alpha value is -4.02. The second-order valence-electron chi connectivity index (χ2n) is 11.0. The molecule has 0 spiro atoms. The molecule has 2 aromatic carbocycles. The van der Waals surface area contributed by atoms with Crippen molar-refractivity contribution in [3.05, 3.63) is 65.5 Å². The van der Waals surface area contributed by atoms with Gasteiger partial charge in [0, 0.05) is 18.8 Å². The van der Waals surface area contributed by atoms with Gasteiger partial charge in [-0.25, -0.2) is 14.6 Å². The van der Waals surface area contributed by atoms with Crippen LogP contribution in [0.15, 0.2) is 48.7 Å². The van der Waals surface area contributed by atoms with Crippen LogP contribution in [0.2, 0.25) is 0 Å². The first-order valence-electron chi connectivity index (χ1n) is 12.2. The summed E-state index contributed by atoms with van der Waals surface area (Å²) in [4.78, 5) is 28.8. The molecule has 0 aliphatic carbocycles. The van der Waals surface area contributed by atoms with E-state index in [4.69, 9.17) is 9.47 Å². The Morgan fingerprint density at radius 1 is 0.872 bits per heavy atom. The van der Waals surface area contributed by atoms with Gasteiger partial charge in [0.05, 0.1) is 11.4 Å². The Balaban J connectivity index is 1.91. The molecule has 11 heteroatoms. The Morgan fingerprint density at radius 3 is 1.95 bits per heavy atom. The van der Waals surface area contributed by atoms with E-state index < -0.39 is 35.3 Å². The van der Waals surface area contributed by atoms with Gasteiger partial charge < -0.3 is 14.0 Å². The average Bonchev–Trinajstić information content (AvgIpc) is 3.16. The van der Waals surface area contributed by atoms with Crippen LogP contribution in [0, 0.1) is 0 Å². The Labute approximate surface area is 225 Å². The molecule has 8 nitrogen and oxygen atoms in total. The number of halogens is 3. The van der Waals surface area contributed by atoms with Crippen LogP contribution < -0.4 is 10.6 Å². The maximum absolute atomic E-state index is 13.1. The van der Waals surface area contributed by atoms with Crippen LogP contribution in [0.25, 0.3) is 11.4 Å². The quantitative estimate of drug-likeness (QED) is 0.348. The summed E-state index contributed by atoms with van der Waals surface area (Å²) in [6.07, 6.45) is -4.64. The van der Waals surface area contributed by atoms with Crippen molar-refractivity contribution in [3.63, 3.8) is 0 Å². The van der Waals surface area contributed by atoms with Crippen molar-refractivity contribution in [1.29, 1.82) is 0 Å². The SMILES string of the molecule is Cn1cc(C(F)(F)F)nc1-c1ccc(Cc2cccc(NC(=O)OC(C)(C)C)c2NC(=O)OC(C)(C)C)cc1. The minimum absolute atomic E-state index is 0.185. The topological polar surface area (TPSA) is 94.5 Å². The minimum atomic E-state index is -4.54. The molecule has 0 fully saturated rings. The van der Waals surface area contributed by atoms with Crippen LogP contribution >= 0.6 is 0 Å². The maximum Gasteiger partial charge on any atom is 0.434 e. The summed E-state index contributed by atoms with van der Waals surface area (Å²) in [6.45, 7) is 10.4. The van der Waals surface area contributed by atoms with E-state index in [9.17, 15) is 22.8 Å². The Bertz CT molecular complexity index is 1330. The second kappa shape index (κ2) is 11.0. The largest absolute Gasteiger partial charge is 0.444 e. The number of amides is 2. The summed E-state index contributed by atoms with van der Waals surface area (Å²) in [6, 6.07) is 12.0. The molecule has 0 radical (unpaired) electrons. The van der Waals surface area contributed by atoms with Gasteiger partial charge in [0.25, 0.3) is 0 Å². The molecule has 3 rings (SSSR count). The van der Waals surface area contributed by atoms with Gasteiger partial charge in [0.1, 0.15) is 17.0 Å². The van der Waals surface area contributed by atoms with Crippen molar-refractivity contribution in [2.24, 2.45) is 7.05 Å². The van der Waals surface area contributed by atoms with E-state index in [1.165, 1.54) is 11.6 Å². The fourth-order valence-corrected chi connectivity index (χ4v) is 3.68. The van der Waals surface area contributed by atoms with Crippen molar-refractivity contribution in [1.82, 2.24) is 9.55 Å². The van der Waals surface area contributed by atoms with Gasteiger partial charge in [-0.15, -0.1) is 0 Å².